The highest BCUT2D eigenvalue weighted by Crippen LogP contribution is 2.23. The summed E-state index contributed by atoms with van der Waals surface area (Å²) in [6.45, 7) is 0. The standard InChI is InChI=1S/C11H9ClFNOS/c12-8-2-1-7(3-9(8)13)4-10(15)11-5-14-6-16-11/h1-3,5-6,10,15H,4H2. The quantitative estimate of drug-likeness (QED) is 0.916. The Bertz CT molecular complexity index is 475. The lowest BCUT2D eigenvalue weighted by molar-refractivity contribution is 0.182. The summed E-state index contributed by atoms with van der Waals surface area (Å²) in [5.41, 5.74) is 2.36. The van der Waals surface area contributed by atoms with Crippen molar-refractivity contribution in [3.63, 3.8) is 0 Å². The molecule has 1 aromatic heterocycles. The number of hydrogen-bond acceptors (Lipinski definition) is 3. The number of rotatable bonds is 3. The van der Waals surface area contributed by atoms with Crippen molar-refractivity contribution in [2.45, 2.75) is 12.5 Å². The molecule has 16 heavy (non-hydrogen) atoms. The monoisotopic (exact) mass is 257 g/mol. The fraction of sp³-hybridized carbons (Fsp3) is 0.182. The molecule has 0 aliphatic carbocycles. The van der Waals surface area contributed by atoms with E-state index in [9.17, 15) is 9.50 Å². The van der Waals surface area contributed by atoms with E-state index in [-0.39, 0.29) is 5.02 Å². The van der Waals surface area contributed by atoms with Gasteiger partial charge in [0.2, 0.25) is 0 Å². The van der Waals surface area contributed by atoms with Crippen molar-refractivity contribution >= 4 is 22.9 Å². The molecule has 84 valence electrons. The highest BCUT2D eigenvalue weighted by atomic mass is 35.5. The molecule has 2 aromatic rings. The van der Waals surface area contributed by atoms with Gasteiger partial charge < -0.3 is 5.11 Å². The number of aliphatic hydroxyl groups is 1. The van der Waals surface area contributed by atoms with Gasteiger partial charge in [-0.2, -0.15) is 0 Å². The molecule has 0 amide bonds. The van der Waals surface area contributed by atoms with Crippen LogP contribution in [0.15, 0.2) is 29.9 Å². The Hall–Kier alpha value is -0.970. The van der Waals surface area contributed by atoms with E-state index in [1.165, 1.54) is 23.5 Å². The molecule has 2 nitrogen and oxygen atoms in total. The molecule has 0 fully saturated rings. The summed E-state index contributed by atoms with van der Waals surface area (Å²) >= 11 is 6.95. The predicted octanol–water partition coefficient (Wildman–Crippen LogP) is 3.21. The van der Waals surface area contributed by atoms with Crippen molar-refractivity contribution in [2.75, 3.05) is 0 Å². The molecule has 0 spiro atoms. The van der Waals surface area contributed by atoms with Crippen LogP contribution >= 0.6 is 22.9 Å². The van der Waals surface area contributed by atoms with Crippen LogP contribution in [0.4, 0.5) is 4.39 Å². The summed E-state index contributed by atoms with van der Waals surface area (Å²) in [6.07, 6.45) is 1.32. The van der Waals surface area contributed by atoms with Gasteiger partial charge >= 0.3 is 0 Å². The minimum Gasteiger partial charge on any atom is -0.387 e. The lowest BCUT2D eigenvalue weighted by Crippen LogP contribution is -2.00. The molecule has 2 rings (SSSR count). The predicted molar refractivity (Wildman–Crippen MR) is 62.2 cm³/mol. The summed E-state index contributed by atoms with van der Waals surface area (Å²) in [5, 5.41) is 9.93. The van der Waals surface area contributed by atoms with Crippen LogP contribution < -0.4 is 0 Å². The van der Waals surface area contributed by atoms with Crippen LogP contribution in [0.2, 0.25) is 5.02 Å². The molecule has 0 bridgehead atoms. The second kappa shape index (κ2) is 4.91. The summed E-state index contributed by atoms with van der Waals surface area (Å²) in [7, 11) is 0. The van der Waals surface area contributed by atoms with E-state index in [0.717, 1.165) is 4.88 Å². The van der Waals surface area contributed by atoms with Crippen molar-refractivity contribution in [3.8, 4) is 0 Å². The number of aromatic nitrogens is 1. The third-order valence-corrected chi connectivity index (χ3v) is 3.38. The zero-order valence-corrected chi connectivity index (χ0v) is 9.80. The number of nitrogens with zero attached hydrogens (tertiary/aromatic N) is 1. The zero-order chi connectivity index (χ0) is 11.5. The fourth-order valence-electron chi connectivity index (χ4n) is 1.38. The first-order valence-corrected chi connectivity index (χ1v) is 5.93. The summed E-state index contributed by atoms with van der Waals surface area (Å²) in [4.78, 5) is 4.65. The molecule has 0 aliphatic rings. The maximum absolute atomic E-state index is 13.1. The average Bonchev–Trinajstić information content (AvgIpc) is 2.77. The Balaban J connectivity index is 2.12. The molecule has 1 aromatic carbocycles. The van der Waals surface area contributed by atoms with Crippen molar-refractivity contribution < 1.29 is 9.50 Å². The minimum atomic E-state index is -0.645. The van der Waals surface area contributed by atoms with E-state index in [2.05, 4.69) is 4.98 Å². The highest BCUT2D eigenvalue weighted by molar-refractivity contribution is 7.09. The molecule has 5 heteroatoms. The number of benzene rings is 1. The fourth-order valence-corrected chi connectivity index (χ4v) is 2.10. The second-order valence-corrected chi connectivity index (χ2v) is 4.70. The topological polar surface area (TPSA) is 33.1 Å². The summed E-state index contributed by atoms with van der Waals surface area (Å²) in [5.74, 6) is -0.462. The maximum atomic E-state index is 13.1. The van der Waals surface area contributed by atoms with Gasteiger partial charge in [-0.25, -0.2) is 4.39 Å². The van der Waals surface area contributed by atoms with E-state index in [1.807, 2.05) is 0 Å². The summed E-state index contributed by atoms with van der Waals surface area (Å²) in [6, 6.07) is 4.54. The average molecular weight is 258 g/mol. The van der Waals surface area contributed by atoms with Crippen LogP contribution in [0.5, 0.6) is 0 Å². The van der Waals surface area contributed by atoms with Gasteiger partial charge in [0, 0.05) is 12.6 Å². The number of hydrogen-bond donors (Lipinski definition) is 1. The first-order valence-electron chi connectivity index (χ1n) is 4.67. The smallest absolute Gasteiger partial charge is 0.142 e. The van der Waals surface area contributed by atoms with Crippen molar-refractivity contribution in [2.24, 2.45) is 0 Å². The Morgan fingerprint density at radius 3 is 2.94 bits per heavy atom. The van der Waals surface area contributed by atoms with Gasteiger partial charge in [0.1, 0.15) is 5.82 Å². The number of aliphatic hydroxyl groups excluding tert-OH is 1. The second-order valence-electron chi connectivity index (χ2n) is 3.37. The third-order valence-electron chi connectivity index (χ3n) is 2.19. The number of halogens is 2. The van der Waals surface area contributed by atoms with Crippen LogP contribution in [0.25, 0.3) is 0 Å². The minimum absolute atomic E-state index is 0.0935. The Morgan fingerprint density at radius 1 is 1.50 bits per heavy atom. The molecule has 1 atom stereocenters. The molecule has 0 aliphatic heterocycles. The highest BCUT2D eigenvalue weighted by Gasteiger charge is 2.11. The van der Waals surface area contributed by atoms with Gasteiger partial charge in [-0.1, -0.05) is 17.7 Å². The van der Waals surface area contributed by atoms with Crippen LogP contribution in [0.3, 0.4) is 0 Å². The van der Waals surface area contributed by atoms with E-state index < -0.39 is 11.9 Å². The van der Waals surface area contributed by atoms with E-state index >= 15 is 0 Å². The van der Waals surface area contributed by atoms with E-state index in [0.29, 0.717) is 12.0 Å². The normalized spacial score (nSPS) is 12.7. The van der Waals surface area contributed by atoms with Gasteiger partial charge in [-0.15, -0.1) is 11.3 Å². The number of thiazole rings is 1. The molecule has 0 saturated heterocycles. The molecule has 1 unspecified atom stereocenters. The van der Waals surface area contributed by atoms with Crippen LogP contribution in [-0.2, 0) is 6.42 Å². The van der Waals surface area contributed by atoms with E-state index in [4.69, 9.17) is 11.6 Å². The lowest BCUT2D eigenvalue weighted by Gasteiger charge is -2.08. The molecular weight excluding hydrogens is 249 g/mol. The van der Waals surface area contributed by atoms with E-state index in [1.54, 1.807) is 17.8 Å². The SMILES string of the molecule is OC(Cc1ccc(Cl)c(F)c1)c1cncs1. The maximum Gasteiger partial charge on any atom is 0.142 e. The first-order chi connectivity index (χ1) is 7.66. The zero-order valence-electron chi connectivity index (χ0n) is 8.23. The van der Waals surface area contributed by atoms with Crippen LogP contribution in [-0.4, -0.2) is 10.1 Å². The van der Waals surface area contributed by atoms with Gasteiger partial charge in [-0.3, -0.25) is 4.98 Å². The molecule has 0 radical (unpaired) electrons. The molecule has 1 heterocycles. The third kappa shape index (κ3) is 2.58. The largest absolute Gasteiger partial charge is 0.387 e. The van der Waals surface area contributed by atoms with Crippen molar-refractivity contribution in [3.05, 3.63) is 51.2 Å². The Labute approximate surface area is 101 Å². The molecule has 1 N–H and O–H groups in total. The van der Waals surface area contributed by atoms with Gasteiger partial charge in [0.05, 0.1) is 21.5 Å². The van der Waals surface area contributed by atoms with Crippen LogP contribution in [0.1, 0.15) is 16.5 Å². The Morgan fingerprint density at radius 2 is 2.31 bits per heavy atom. The van der Waals surface area contributed by atoms with Crippen LogP contribution in [0, 0.1) is 5.82 Å². The lowest BCUT2D eigenvalue weighted by atomic mass is 10.1. The Kier molecular flexibility index (Phi) is 3.53. The molecule has 0 saturated carbocycles. The van der Waals surface area contributed by atoms with Gasteiger partial charge in [0.15, 0.2) is 0 Å². The van der Waals surface area contributed by atoms with Crippen molar-refractivity contribution in [1.82, 2.24) is 4.98 Å². The molecular formula is C11H9ClFNOS. The first kappa shape index (κ1) is 11.5. The van der Waals surface area contributed by atoms with Crippen molar-refractivity contribution in [1.29, 1.82) is 0 Å². The van der Waals surface area contributed by atoms with Gasteiger partial charge in [-0.05, 0) is 17.7 Å². The van der Waals surface area contributed by atoms with Gasteiger partial charge in [0.25, 0.3) is 0 Å². The summed E-state index contributed by atoms with van der Waals surface area (Å²) < 4.78 is 13.1.